The monoisotopic (exact) mass is 370 g/mol. The predicted octanol–water partition coefficient (Wildman–Crippen LogP) is 3.06. The topological polar surface area (TPSA) is 113 Å². The number of aromatic nitrogens is 2. The zero-order chi connectivity index (χ0) is 16.3. The third-order valence-electron chi connectivity index (χ3n) is 2.90. The van der Waals surface area contributed by atoms with Gasteiger partial charge in [-0.15, -0.1) is 0 Å². The van der Waals surface area contributed by atoms with Crippen LogP contribution in [0.2, 0.25) is 0 Å². The minimum atomic E-state index is -0.512. The highest BCUT2D eigenvalue weighted by molar-refractivity contribution is 9.10. The summed E-state index contributed by atoms with van der Waals surface area (Å²) >= 11 is 3.19. The van der Waals surface area contributed by atoms with Crippen LogP contribution < -0.4 is 4.74 Å². The number of benzene rings is 1. The fraction of sp³-hybridized carbons (Fsp3) is 0.250. The van der Waals surface area contributed by atoms with E-state index in [1.807, 2.05) is 0 Å². The largest absolute Gasteiger partial charge is 0.482 e. The average molecular weight is 371 g/mol. The summed E-state index contributed by atoms with van der Waals surface area (Å²) in [5, 5.41) is 21.5. The van der Waals surface area contributed by atoms with E-state index in [9.17, 15) is 20.2 Å². The molecule has 22 heavy (non-hydrogen) atoms. The number of hydrogen-bond donors (Lipinski definition) is 0. The van der Waals surface area contributed by atoms with E-state index in [-0.39, 0.29) is 18.1 Å². The third kappa shape index (κ3) is 3.22. The minimum absolute atomic E-state index is 0.0120. The summed E-state index contributed by atoms with van der Waals surface area (Å²) in [6.07, 6.45) is 1.17. The minimum Gasteiger partial charge on any atom is -0.482 e. The Bertz CT molecular complexity index is 730. The smallest absolute Gasteiger partial charge is 0.342 e. The molecule has 0 amide bonds. The maximum atomic E-state index is 10.9. The van der Waals surface area contributed by atoms with Crippen LogP contribution in [0.5, 0.6) is 5.75 Å². The molecule has 1 heterocycles. The first-order valence-electron chi connectivity index (χ1n) is 6.19. The maximum Gasteiger partial charge on any atom is 0.342 e. The lowest BCUT2D eigenvalue weighted by Gasteiger charge is -2.07. The number of hydrogen-bond acceptors (Lipinski definition) is 6. The summed E-state index contributed by atoms with van der Waals surface area (Å²) in [5.41, 5.74) is -0.0649. The molecule has 2 aromatic rings. The van der Waals surface area contributed by atoms with Crippen molar-refractivity contribution in [1.29, 1.82) is 0 Å². The Hall–Kier alpha value is -2.49. The number of nitro benzene ring substituents is 1. The Morgan fingerprint density at radius 2 is 2.05 bits per heavy atom. The van der Waals surface area contributed by atoms with E-state index in [0.29, 0.717) is 22.6 Å². The van der Waals surface area contributed by atoms with Crippen LogP contribution in [0, 0.1) is 20.2 Å². The molecular weight excluding hydrogens is 360 g/mol. The molecule has 0 spiro atoms. The number of imidazole rings is 1. The van der Waals surface area contributed by atoms with Gasteiger partial charge in [0, 0.05) is 12.1 Å². The molecule has 2 rings (SSSR count). The predicted molar refractivity (Wildman–Crippen MR) is 79.7 cm³/mol. The first-order valence-corrected chi connectivity index (χ1v) is 6.98. The van der Waals surface area contributed by atoms with E-state index in [2.05, 4.69) is 20.9 Å². The Kier molecular flexibility index (Phi) is 4.71. The lowest BCUT2D eigenvalue weighted by atomic mass is 10.3. The lowest BCUT2D eigenvalue weighted by Crippen LogP contribution is -2.08. The van der Waals surface area contributed by atoms with E-state index in [1.54, 1.807) is 6.92 Å². The lowest BCUT2D eigenvalue weighted by molar-refractivity contribution is -0.392. The summed E-state index contributed by atoms with van der Waals surface area (Å²) in [6.45, 7) is 2.16. The summed E-state index contributed by atoms with van der Waals surface area (Å²) in [7, 11) is 0. The molecule has 116 valence electrons. The van der Waals surface area contributed by atoms with Gasteiger partial charge in [0.1, 0.15) is 11.9 Å². The highest BCUT2D eigenvalue weighted by Crippen LogP contribution is 2.29. The zero-order valence-corrected chi connectivity index (χ0v) is 13.0. The van der Waals surface area contributed by atoms with Gasteiger partial charge in [0.05, 0.1) is 15.9 Å². The molecule has 1 aromatic carbocycles. The summed E-state index contributed by atoms with van der Waals surface area (Å²) in [6, 6.07) is 4.09. The van der Waals surface area contributed by atoms with Gasteiger partial charge < -0.3 is 14.9 Å². The highest BCUT2D eigenvalue weighted by atomic mass is 79.9. The van der Waals surface area contributed by atoms with Crippen molar-refractivity contribution in [3.63, 3.8) is 0 Å². The molecule has 9 nitrogen and oxygen atoms in total. The van der Waals surface area contributed by atoms with Crippen LogP contribution in [0.15, 0.2) is 28.9 Å². The molecule has 0 aliphatic carbocycles. The Balaban J connectivity index is 2.17. The maximum absolute atomic E-state index is 10.9. The molecule has 0 bridgehead atoms. The van der Waals surface area contributed by atoms with Gasteiger partial charge in [-0.1, -0.05) is 0 Å². The second-order valence-electron chi connectivity index (χ2n) is 4.19. The van der Waals surface area contributed by atoms with Crippen LogP contribution in [-0.4, -0.2) is 19.4 Å². The van der Waals surface area contributed by atoms with Crippen molar-refractivity contribution in [2.24, 2.45) is 0 Å². The van der Waals surface area contributed by atoms with Crippen LogP contribution in [0.3, 0.4) is 0 Å². The van der Waals surface area contributed by atoms with Crippen molar-refractivity contribution in [3.05, 3.63) is 54.9 Å². The number of non-ortho nitro benzene ring substituents is 1. The number of ether oxygens (including phenoxy) is 1. The van der Waals surface area contributed by atoms with Crippen molar-refractivity contribution < 1.29 is 14.6 Å². The first kappa shape index (κ1) is 15.9. The SMILES string of the molecule is CCn1c([N+](=O)[O-])cnc1COc1ccc([N+](=O)[O-])cc1Br. The van der Waals surface area contributed by atoms with Crippen molar-refractivity contribution in [3.8, 4) is 5.75 Å². The zero-order valence-electron chi connectivity index (χ0n) is 11.4. The van der Waals surface area contributed by atoms with E-state index < -0.39 is 9.85 Å². The van der Waals surface area contributed by atoms with Crippen molar-refractivity contribution in [1.82, 2.24) is 9.55 Å². The van der Waals surface area contributed by atoms with Gasteiger partial charge in [-0.2, -0.15) is 0 Å². The van der Waals surface area contributed by atoms with Crippen LogP contribution in [-0.2, 0) is 13.2 Å². The standard InChI is InChI=1S/C12H11BrN4O5/c1-2-15-11(14-6-12(15)17(20)21)7-22-10-4-3-8(16(18)19)5-9(10)13/h3-6H,2,7H2,1H3. The number of nitrogens with zero attached hydrogens (tertiary/aromatic N) is 4. The molecule has 0 radical (unpaired) electrons. The number of nitro groups is 2. The fourth-order valence-electron chi connectivity index (χ4n) is 1.87. The van der Waals surface area contributed by atoms with Gasteiger partial charge in [0.25, 0.3) is 5.69 Å². The second-order valence-corrected chi connectivity index (χ2v) is 5.05. The van der Waals surface area contributed by atoms with Gasteiger partial charge in [-0.3, -0.25) is 10.1 Å². The summed E-state index contributed by atoms with van der Waals surface area (Å²) in [4.78, 5) is 24.5. The molecular formula is C12H11BrN4O5. The molecule has 0 atom stereocenters. The third-order valence-corrected chi connectivity index (χ3v) is 3.52. The average Bonchev–Trinajstić information content (AvgIpc) is 2.88. The second kappa shape index (κ2) is 6.52. The Morgan fingerprint density at radius 1 is 1.32 bits per heavy atom. The summed E-state index contributed by atoms with van der Waals surface area (Å²) < 4.78 is 7.37. The van der Waals surface area contributed by atoms with E-state index in [4.69, 9.17) is 4.74 Å². The van der Waals surface area contributed by atoms with Gasteiger partial charge in [-0.25, -0.2) is 9.55 Å². The fourth-order valence-corrected chi connectivity index (χ4v) is 2.35. The van der Waals surface area contributed by atoms with Gasteiger partial charge in [-0.05, 0) is 33.8 Å². The molecule has 1 aromatic heterocycles. The highest BCUT2D eigenvalue weighted by Gasteiger charge is 2.19. The van der Waals surface area contributed by atoms with Crippen LogP contribution in [0.4, 0.5) is 11.5 Å². The van der Waals surface area contributed by atoms with Gasteiger partial charge in [0.15, 0.2) is 6.61 Å². The normalized spacial score (nSPS) is 10.5. The number of halogens is 1. The van der Waals surface area contributed by atoms with Crippen LogP contribution in [0.1, 0.15) is 12.7 Å². The van der Waals surface area contributed by atoms with E-state index in [1.165, 1.54) is 29.0 Å². The molecule has 0 aliphatic rings. The van der Waals surface area contributed by atoms with Crippen molar-refractivity contribution >= 4 is 27.4 Å². The molecule has 0 aliphatic heterocycles. The van der Waals surface area contributed by atoms with Gasteiger partial charge in [0.2, 0.25) is 5.82 Å². The van der Waals surface area contributed by atoms with Crippen LogP contribution in [0.25, 0.3) is 0 Å². The van der Waals surface area contributed by atoms with Gasteiger partial charge >= 0.3 is 5.82 Å². The van der Waals surface area contributed by atoms with Crippen molar-refractivity contribution in [2.45, 2.75) is 20.1 Å². The number of rotatable bonds is 6. The summed E-state index contributed by atoms with van der Waals surface area (Å²) in [5.74, 6) is 0.683. The molecule has 0 unspecified atom stereocenters. The molecule has 0 saturated heterocycles. The van der Waals surface area contributed by atoms with Crippen LogP contribution >= 0.6 is 15.9 Å². The first-order chi connectivity index (χ1) is 10.4. The molecule has 0 N–H and O–H groups in total. The molecule has 0 saturated carbocycles. The molecule has 0 fully saturated rings. The van der Waals surface area contributed by atoms with Crippen molar-refractivity contribution in [2.75, 3.05) is 0 Å². The quantitative estimate of drug-likeness (QED) is 0.570. The Morgan fingerprint density at radius 3 is 2.59 bits per heavy atom. The Labute approximate surface area is 133 Å². The molecule has 10 heteroatoms. The van der Waals surface area contributed by atoms with E-state index >= 15 is 0 Å². The van der Waals surface area contributed by atoms with E-state index in [0.717, 1.165) is 0 Å².